The molecule has 0 spiro atoms. The SMILES string of the molecule is COC(=O)NCCCCCC[Si](C)(OC)OC. The third kappa shape index (κ3) is 8.17. The minimum atomic E-state index is -1.88. The van der Waals surface area contributed by atoms with Crippen molar-refractivity contribution in [3.63, 3.8) is 0 Å². The second-order valence-corrected chi connectivity index (χ2v) is 7.71. The van der Waals surface area contributed by atoms with E-state index in [1.54, 1.807) is 14.2 Å². The zero-order chi connectivity index (χ0) is 13.1. The van der Waals surface area contributed by atoms with E-state index >= 15 is 0 Å². The lowest BCUT2D eigenvalue weighted by Crippen LogP contribution is -2.35. The maximum atomic E-state index is 10.7. The molecule has 0 heterocycles. The largest absolute Gasteiger partial charge is 0.453 e. The topological polar surface area (TPSA) is 56.8 Å². The molecule has 0 radical (unpaired) electrons. The Labute approximate surface area is 105 Å². The average molecular weight is 263 g/mol. The fraction of sp³-hybridized carbons (Fsp3) is 0.909. The van der Waals surface area contributed by atoms with Crippen LogP contribution in [0.15, 0.2) is 0 Å². The molecular weight excluding hydrogens is 238 g/mol. The first-order valence-corrected chi connectivity index (χ1v) is 8.52. The number of rotatable bonds is 9. The molecule has 0 aliphatic rings. The molecule has 0 aliphatic heterocycles. The Morgan fingerprint density at radius 3 is 2.18 bits per heavy atom. The highest BCUT2D eigenvalue weighted by molar-refractivity contribution is 6.65. The Kier molecular flexibility index (Phi) is 9.11. The van der Waals surface area contributed by atoms with E-state index in [1.165, 1.54) is 7.11 Å². The van der Waals surface area contributed by atoms with Crippen molar-refractivity contribution >= 4 is 14.7 Å². The van der Waals surface area contributed by atoms with Gasteiger partial charge in [-0.25, -0.2) is 4.79 Å². The number of methoxy groups -OCH3 is 1. The van der Waals surface area contributed by atoms with Crippen molar-refractivity contribution in [2.24, 2.45) is 0 Å². The first kappa shape index (κ1) is 16.4. The van der Waals surface area contributed by atoms with Gasteiger partial charge in [-0.05, 0) is 19.0 Å². The number of alkyl carbamates (subject to hydrolysis) is 1. The summed E-state index contributed by atoms with van der Waals surface area (Å²) in [5, 5.41) is 2.66. The highest BCUT2D eigenvalue weighted by Gasteiger charge is 2.27. The molecule has 0 atom stereocenters. The van der Waals surface area contributed by atoms with Gasteiger partial charge in [-0.3, -0.25) is 0 Å². The summed E-state index contributed by atoms with van der Waals surface area (Å²) in [7, 11) is 2.93. The van der Waals surface area contributed by atoms with E-state index < -0.39 is 8.56 Å². The van der Waals surface area contributed by atoms with Crippen molar-refractivity contribution in [2.45, 2.75) is 38.3 Å². The highest BCUT2D eigenvalue weighted by Crippen LogP contribution is 2.16. The molecule has 6 heteroatoms. The standard InChI is InChI=1S/C11H25NO4Si/c1-14-11(13)12-9-7-5-6-8-10-17(4,15-2)16-3/h5-10H2,1-4H3,(H,12,13). The molecule has 0 aromatic carbocycles. The van der Waals surface area contributed by atoms with Crippen molar-refractivity contribution in [1.29, 1.82) is 0 Å². The molecule has 0 fully saturated rings. The van der Waals surface area contributed by atoms with Gasteiger partial charge in [0.2, 0.25) is 0 Å². The van der Waals surface area contributed by atoms with E-state index in [0.717, 1.165) is 31.7 Å². The summed E-state index contributed by atoms with van der Waals surface area (Å²) in [6, 6.07) is 1.02. The monoisotopic (exact) mass is 263 g/mol. The number of hydrogen-bond acceptors (Lipinski definition) is 4. The molecule has 1 amide bonds. The van der Waals surface area contributed by atoms with Crippen molar-refractivity contribution < 1.29 is 18.4 Å². The summed E-state index contributed by atoms with van der Waals surface area (Å²) >= 11 is 0. The quantitative estimate of drug-likeness (QED) is 0.512. The molecule has 0 rings (SSSR count). The summed E-state index contributed by atoms with van der Waals surface area (Å²) in [4.78, 5) is 10.7. The van der Waals surface area contributed by atoms with Crippen LogP contribution >= 0.6 is 0 Å². The molecule has 0 saturated heterocycles. The van der Waals surface area contributed by atoms with Crippen LogP contribution in [0.25, 0.3) is 0 Å². The molecule has 0 aromatic heterocycles. The zero-order valence-corrected chi connectivity index (χ0v) is 12.4. The first-order chi connectivity index (χ1) is 8.08. The van der Waals surface area contributed by atoms with Crippen LogP contribution in [0.3, 0.4) is 0 Å². The lowest BCUT2D eigenvalue weighted by molar-refractivity contribution is 0.171. The van der Waals surface area contributed by atoms with Gasteiger partial charge in [-0.15, -0.1) is 0 Å². The van der Waals surface area contributed by atoms with Crippen LogP contribution in [0.2, 0.25) is 12.6 Å². The Morgan fingerprint density at radius 1 is 1.06 bits per heavy atom. The fourth-order valence-corrected chi connectivity index (χ4v) is 2.94. The normalized spacial score (nSPS) is 11.3. The smallest absolute Gasteiger partial charge is 0.406 e. The van der Waals surface area contributed by atoms with E-state index in [-0.39, 0.29) is 6.09 Å². The summed E-state index contributed by atoms with van der Waals surface area (Å²) < 4.78 is 15.3. The average Bonchev–Trinajstić information content (AvgIpc) is 2.36. The third-order valence-electron chi connectivity index (χ3n) is 2.88. The summed E-state index contributed by atoms with van der Waals surface area (Å²) in [5.41, 5.74) is 0. The molecule has 17 heavy (non-hydrogen) atoms. The molecule has 0 bridgehead atoms. The lowest BCUT2D eigenvalue weighted by Gasteiger charge is -2.22. The molecule has 0 aromatic rings. The summed E-state index contributed by atoms with van der Waals surface area (Å²) in [5.74, 6) is 0. The Morgan fingerprint density at radius 2 is 1.65 bits per heavy atom. The van der Waals surface area contributed by atoms with Gasteiger partial charge >= 0.3 is 14.7 Å². The molecule has 102 valence electrons. The molecule has 0 saturated carbocycles. The number of hydrogen-bond donors (Lipinski definition) is 1. The van der Waals surface area contributed by atoms with E-state index in [9.17, 15) is 4.79 Å². The van der Waals surface area contributed by atoms with Crippen molar-refractivity contribution in [3.05, 3.63) is 0 Å². The zero-order valence-electron chi connectivity index (χ0n) is 11.4. The molecule has 0 unspecified atom stereocenters. The number of carbonyl (C=O) groups excluding carboxylic acids is 1. The van der Waals surface area contributed by atoms with Crippen LogP contribution in [-0.2, 0) is 13.6 Å². The minimum absolute atomic E-state index is 0.358. The van der Waals surface area contributed by atoms with Gasteiger partial charge in [0.25, 0.3) is 0 Å². The van der Waals surface area contributed by atoms with Gasteiger partial charge in [-0.2, -0.15) is 0 Å². The summed E-state index contributed by atoms with van der Waals surface area (Å²) in [6.07, 6.45) is 3.97. The number of carbonyl (C=O) groups is 1. The lowest BCUT2D eigenvalue weighted by atomic mass is 10.2. The summed E-state index contributed by atoms with van der Waals surface area (Å²) in [6.45, 7) is 2.75. The second-order valence-electron chi connectivity index (χ2n) is 4.12. The van der Waals surface area contributed by atoms with Gasteiger partial charge in [-0.1, -0.05) is 19.3 Å². The van der Waals surface area contributed by atoms with Gasteiger partial charge in [0.15, 0.2) is 0 Å². The van der Waals surface area contributed by atoms with Crippen LogP contribution in [0.5, 0.6) is 0 Å². The number of unbranched alkanes of at least 4 members (excludes halogenated alkanes) is 3. The van der Waals surface area contributed by atoms with Crippen LogP contribution in [0.4, 0.5) is 4.79 Å². The minimum Gasteiger partial charge on any atom is -0.453 e. The van der Waals surface area contributed by atoms with Gasteiger partial charge in [0, 0.05) is 20.8 Å². The predicted octanol–water partition coefficient (Wildman–Crippen LogP) is 2.27. The van der Waals surface area contributed by atoms with Crippen molar-refractivity contribution in [2.75, 3.05) is 27.9 Å². The predicted molar refractivity (Wildman–Crippen MR) is 69.3 cm³/mol. The Balaban J connectivity index is 3.37. The van der Waals surface area contributed by atoms with Crippen molar-refractivity contribution in [3.8, 4) is 0 Å². The van der Waals surface area contributed by atoms with E-state index in [1.807, 2.05) is 0 Å². The number of ether oxygens (including phenoxy) is 1. The van der Waals surface area contributed by atoms with Crippen molar-refractivity contribution in [1.82, 2.24) is 5.32 Å². The molecule has 5 nitrogen and oxygen atoms in total. The maximum absolute atomic E-state index is 10.7. The van der Waals surface area contributed by atoms with E-state index in [2.05, 4.69) is 16.6 Å². The van der Waals surface area contributed by atoms with E-state index in [0.29, 0.717) is 6.54 Å². The fourth-order valence-electron chi connectivity index (χ4n) is 1.47. The van der Waals surface area contributed by atoms with Crippen LogP contribution < -0.4 is 5.32 Å². The first-order valence-electron chi connectivity index (χ1n) is 6.00. The van der Waals surface area contributed by atoms with Gasteiger partial charge in [0.05, 0.1) is 7.11 Å². The van der Waals surface area contributed by atoms with E-state index in [4.69, 9.17) is 8.85 Å². The third-order valence-corrected chi connectivity index (χ3v) is 5.86. The second kappa shape index (κ2) is 9.44. The molecular formula is C11H25NO4Si. The highest BCUT2D eigenvalue weighted by atomic mass is 28.4. The molecule has 1 N–H and O–H groups in total. The van der Waals surface area contributed by atoms with Gasteiger partial charge in [0.1, 0.15) is 0 Å². The van der Waals surface area contributed by atoms with Crippen LogP contribution in [-0.4, -0.2) is 42.5 Å². The maximum Gasteiger partial charge on any atom is 0.406 e. The number of nitrogens with one attached hydrogen (secondary N) is 1. The Bertz CT molecular complexity index is 210. The number of amides is 1. The van der Waals surface area contributed by atoms with Crippen LogP contribution in [0.1, 0.15) is 25.7 Å². The van der Waals surface area contributed by atoms with Crippen LogP contribution in [0, 0.1) is 0 Å². The molecule has 0 aliphatic carbocycles. The Hall–Kier alpha value is -0.593. The van der Waals surface area contributed by atoms with Gasteiger partial charge < -0.3 is 18.9 Å².